The third kappa shape index (κ3) is 4.83. The minimum atomic E-state index is -0.280. The number of ether oxygens (including phenoxy) is 1. The maximum Gasteiger partial charge on any atom is 0.263 e. The van der Waals surface area contributed by atoms with Crippen molar-refractivity contribution in [2.24, 2.45) is 5.92 Å². The van der Waals surface area contributed by atoms with Gasteiger partial charge in [-0.1, -0.05) is 6.07 Å². The molecule has 1 aliphatic rings. The Morgan fingerprint density at radius 1 is 1.17 bits per heavy atom. The molecule has 0 aromatic carbocycles. The van der Waals surface area contributed by atoms with Crippen LogP contribution >= 0.6 is 11.3 Å². The van der Waals surface area contributed by atoms with Gasteiger partial charge in [-0.3, -0.25) is 14.6 Å². The molecule has 1 atom stereocenters. The minimum absolute atomic E-state index is 0.0123. The number of carbonyl (C=O) groups is 2. The highest BCUT2D eigenvalue weighted by atomic mass is 32.1. The van der Waals surface area contributed by atoms with Crippen molar-refractivity contribution in [3.05, 3.63) is 70.8 Å². The average Bonchev–Trinajstić information content (AvgIpc) is 3.34. The van der Waals surface area contributed by atoms with E-state index in [1.807, 2.05) is 29.6 Å². The molecule has 1 aliphatic heterocycles. The van der Waals surface area contributed by atoms with Crippen LogP contribution in [-0.2, 0) is 11.4 Å². The Hall–Kier alpha value is -3.26. The van der Waals surface area contributed by atoms with E-state index in [-0.39, 0.29) is 17.7 Å². The molecule has 0 spiro atoms. The number of thiophene rings is 1. The number of amides is 2. The monoisotopic (exact) mass is 422 g/mol. The molecule has 1 N–H and O–H groups in total. The lowest BCUT2D eigenvalue weighted by Gasteiger charge is -2.31. The molecule has 1 saturated heterocycles. The largest absolute Gasteiger partial charge is 0.485 e. The summed E-state index contributed by atoms with van der Waals surface area (Å²) in [5.74, 6) is 0.453. The predicted molar refractivity (Wildman–Crippen MR) is 114 cm³/mol. The van der Waals surface area contributed by atoms with E-state index in [1.54, 1.807) is 35.6 Å². The van der Waals surface area contributed by atoms with Crippen molar-refractivity contribution in [1.82, 2.24) is 14.9 Å². The number of nitrogens with zero attached hydrogens (tertiary/aromatic N) is 3. The number of rotatable bonds is 6. The van der Waals surface area contributed by atoms with E-state index in [9.17, 15) is 9.59 Å². The molecule has 0 aliphatic carbocycles. The van der Waals surface area contributed by atoms with Crippen molar-refractivity contribution in [2.75, 3.05) is 18.4 Å². The molecule has 4 heterocycles. The van der Waals surface area contributed by atoms with Gasteiger partial charge in [-0.05, 0) is 54.1 Å². The van der Waals surface area contributed by atoms with E-state index >= 15 is 0 Å². The normalized spacial score (nSPS) is 16.1. The predicted octanol–water partition coefficient (Wildman–Crippen LogP) is 3.61. The molecule has 3 aromatic rings. The van der Waals surface area contributed by atoms with E-state index in [0.717, 1.165) is 18.4 Å². The smallest absolute Gasteiger partial charge is 0.263 e. The summed E-state index contributed by atoms with van der Waals surface area (Å²) in [7, 11) is 0. The Balaban J connectivity index is 1.39. The zero-order valence-electron chi connectivity index (χ0n) is 16.4. The number of likely N-dealkylation sites (tertiary alicyclic amines) is 1. The van der Waals surface area contributed by atoms with Crippen molar-refractivity contribution < 1.29 is 14.3 Å². The summed E-state index contributed by atoms with van der Waals surface area (Å²) >= 11 is 1.42. The van der Waals surface area contributed by atoms with Crippen LogP contribution in [0, 0.1) is 5.92 Å². The summed E-state index contributed by atoms with van der Waals surface area (Å²) < 4.78 is 5.85. The number of piperidine rings is 1. The molecule has 3 aromatic heterocycles. The van der Waals surface area contributed by atoms with Gasteiger partial charge in [0.15, 0.2) is 11.6 Å². The summed E-state index contributed by atoms with van der Waals surface area (Å²) in [6, 6.07) is 11.0. The fourth-order valence-electron chi connectivity index (χ4n) is 3.39. The lowest BCUT2D eigenvalue weighted by atomic mass is 9.97. The molecule has 154 valence electrons. The Morgan fingerprint density at radius 2 is 2.03 bits per heavy atom. The van der Waals surface area contributed by atoms with E-state index < -0.39 is 0 Å². The third-order valence-electron chi connectivity index (χ3n) is 4.97. The van der Waals surface area contributed by atoms with Crippen molar-refractivity contribution >= 4 is 29.0 Å². The molecule has 2 amide bonds. The first-order chi connectivity index (χ1) is 14.7. The minimum Gasteiger partial charge on any atom is -0.485 e. The van der Waals surface area contributed by atoms with Crippen LogP contribution in [0.1, 0.15) is 28.1 Å². The molecule has 0 bridgehead atoms. The van der Waals surface area contributed by atoms with Crippen LogP contribution in [0.2, 0.25) is 0 Å². The van der Waals surface area contributed by atoms with Crippen molar-refractivity contribution in [1.29, 1.82) is 0 Å². The topological polar surface area (TPSA) is 84.4 Å². The van der Waals surface area contributed by atoms with E-state index in [1.165, 1.54) is 11.3 Å². The summed E-state index contributed by atoms with van der Waals surface area (Å²) in [5, 5.41) is 4.77. The number of nitrogens with one attached hydrogen (secondary N) is 1. The molecule has 1 fully saturated rings. The summed E-state index contributed by atoms with van der Waals surface area (Å²) in [5.41, 5.74) is 0.973. The number of carbonyl (C=O) groups excluding carboxylic acids is 2. The maximum absolute atomic E-state index is 12.9. The Kier molecular flexibility index (Phi) is 6.34. The van der Waals surface area contributed by atoms with Gasteiger partial charge in [0.05, 0.1) is 10.8 Å². The van der Waals surface area contributed by atoms with Crippen LogP contribution in [0.5, 0.6) is 5.75 Å². The first-order valence-corrected chi connectivity index (χ1v) is 10.7. The Labute approximate surface area is 178 Å². The zero-order valence-corrected chi connectivity index (χ0v) is 17.2. The molecule has 8 heteroatoms. The fourth-order valence-corrected chi connectivity index (χ4v) is 4.08. The third-order valence-corrected chi connectivity index (χ3v) is 5.83. The number of aromatic nitrogens is 2. The van der Waals surface area contributed by atoms with Gasteiger partial charge in [0, 0.05) is 31.7 Å². The highest BCUT2D eigenvalue weighted by Crippen LogP contribution is 2.25. The SMILES string of the molecule is O=C(Nc1ncccc1OCc1ccncc1)C1CCCN(C(=O)c2cccs2)C1. The van der Waals surface area contributed by atoms with E-state index in [4.69, 9.17) is 4.74 Å². The average molecular weight is 423 g/mol. The molecule has 7 nitrogen and oxygen atoms in total. The van der Waals surface area contributed by atoms with Gasteiger partial charge >= 0.3 is 0 Å². The van der Waals surface area contributed by atoms with Gasteiger partial charge < -0.3 is 15.0 Å². The van der Waals surface area contributed by atoms with Crippen LogP contribution in [0.4, 0.5) is 5.82 Å². The lowest BCUT2D eigenvalue weighted by Crippen LogP contribution is -2.43. The van der Waals surface area contributed by atoms with Gasteiger partial charge in [0.1, 0.15) is 6.61 Å². The summed E-state index contributed by atoms with van der Waals surface area (Å²) in [4.78, 5) is 36.3. The zero-order chi connectivity index (χ0) is 20.8. The van der Waals surface area contributed by atoms with Crippen LogP contribution in [-0.4, -0.2) is 39.8 Å². The van der Waals surface area contributed by atoms with Crippen LogP contribution < -0.4 is 10.1 Å². The van der Waals surface area contributed by atoms with Crippen LogP contribution in [0.25, 0.3) is 0 Å². The molecular weight excluding hydrogens is 400 g/mol. The second kappa shape index (κ2) is 9.49. The first-order valence-electron chi connectivity index (χ1n) is 9.81. The molecule has 0 saturated carbocycles. The van der Waals surface area contributed by atoms with E-state index in [0.29, 0.717) is 36.1 Å². The molecule has 4 rings (SSSR count). The number of hydrogen-bond acceptors (Lipinski definition) is 6. The summed E-state index contributed by atoms with van der Waals surface area (Å²) in [6.07, 6.45) is 6.55. The molecular formula is C22H22N4O3S. The maximum atomic E-state index is 12.9. The Morgan fingerprint density at radius 3 is 2.83 bits per heavy atom. The second-order valence-corrected chi connectivity index (χ2v) is 8.00. The van der Waals surface area contributed by atoms with Gasteiger partial charge in [-0.25, -0.2) is 4.98 Å². The van der Waals surface area contributed by atoms with Crippen LogP contribution in [0.15, 0.2) is 60.4 Å². The van der Waals surface area contributed by atoms with Crippen molar-refractivity contribution in [3.63, 3.8) is 0 Å². The van der Waals surface area contributed by atoms with Gasteiger partial charge in [-0.15, -0.1) is 11.3 Å². The fraction of sp³-hybridized carbons (Fsp3) is 0.273. The number of anilines is 1. The first kappa shape index (κ1) is 20.0. The molecule has 30 heavy (non-hydrogen) atoms. The standard InChI is InChI=1S/C22H22N4O3S/c27-21(17-4-2-12-26(14-17)22(28)19-6-3-13-30-19)25-20-18(5-1-9-24-20)29-15-16-7-10-23-11-8-16/h1,3,5-11,13,17H,2,4,12,14-15H2,(H,24,25,27). The molecule has 0 radical (unpaired) electrons. The highest BCUT2D eigenvalue weighted by molar-refractivity contribution is 7.12. The quantitative estimate of drug-likeness (QED) is 0.656. The lowest BCUT2D eigenvalue weighted by molar-refractivity contribution is -0.121. The second-order valence-electron chi connectivity index (χ2n) is 7.05. The molecule has 1 unspecified atom stereocenters. The Bertz CT molecular complexity index is 995. The van der Waals surface area contributed by atoms with Gasteiger partial charge in [-0.2, -0.15) is 0 Å². The van der Waals surface area contributed by atoms with Crippen molar-refractivity contribution in [3.8, 4) is 5.75 Å². The summed E-state index contributed by atoms with van der Waals surface area (Å²) in [6.45, 7) is 1.43. The highest BCUT2D eigenvalue weighted by Gasteiger charge is 2.29. The van der Waals surface area contributed by atoms with Gasteiger partial charge in [0.2, 0.25) is 5.91 Å². The van der Waals surface area contributed by atoms with Crippen LogP contribution in [0.3, 0.4) is 0 Å². The van der Waals surface area contributed by atoms with Crippen molar-refractivity contribution in [2.45, 2.75) is 19.4 Å². The van der Waals surface area contributed by atoms with Gasteiger partial charge in [0.25, 0.3) is 5.91 Å². The number of hydrogen-bond donors (Lipinski definition) is 1. The van der Waals surface area contributed by atoms with E-state index in [2.05, 4.69) is 15.3 Å². The number of pyridine rings is 2.